The average Bonchev–Trinajstić information content (AvgIpc) is 2.79. The van der Waals surface area contributed by atoms with Crippen molar-refractivity contribution in [3.63, 3.8) is 0 Å². The first-order chi connectivity index (χ1) is 20.6. The molecule has 13 nitrogen and oxygen atoms in total. The first kappa shape index (κ1) is 42.4. The minimum absolute atomic E-state index is 0.166. The van der Waals surface area contributed by atoms with Crippen LogP contribution in [-0.2, 0) is 28.6 Å². The zero-order valence-corrected chi connectivity index (χ0v) is 27.1. The van der Waals surface area contributed by atoms with Gasteiger partial charge in [-0.1, -0.05) is 13.8 Å². The van der Waals surface area contributed by atoms with Crippen LogP contribution in [0.4, 0.5) is 35.9 Å². The Morgan fingerprint density at radius 1 is 0.761 bits per heavy atom. The van der Waals surface area contributed by atoms with E-state index in [0.29, 0.717) is 0 Å². The molecule has 4 amide bonds. The first-order valence-electron chi connectivity index (χ1n) is 14.0. The number of Topliss-reactive ketones (excluding diaryl/α,β-unsaturated/α-hetero) is 1. The molecule has 0 aliphatic rings. The summed E-state index contributed by atoms with van der Waals surface area (Å²) in [6.07, 6.45) is -18.6. The largest absolute Gasteiger partial charge is 0.444 e. The second kappa shape index (κ2) is 17.3. The van der Waals surface area contributed by atoms with Gasteiger partial charge in [-0.2, -0.15) is 26.3 Å². The van der Waals surface area contributed by atoms with Crippen LogP contribution in [0.5, 0.6) is 0 Å². The van der Waals surface area contributed by atoms with Gasteiger partial charge in [0.15, 0.2) is 5.78 Å². The van der Waals surface area contributed by atoms with Crippen LogP contribution in [-0.4, -0.2) is 90.6 Å². The van der Waals surface area contributed by atoms with E-state index >= 15 is 0 Å². The van der Waals surface area contributed by atoms with Crippen molar-refractivity contribution < 1.29 is 64.5 Å². The molecule has 0 rings (SSSR count). The summed E-state index contributed by atoms with van der Waals surface area (Å²) in [7, 11) is 0. The minimum Gasteiger partial charge on any atom is -0.444 e. The molecule has 0 unspecified atom stereocenters. The number of aliphatic imine (C=N–C) groups is 1. The Bertz CT molecular complexity index is 1050. The number of carbonyl (C=O) groups is 5. The zero-order valence-electron chi connectivity index (χ0n) is 27.1. The van der Waals surface area contributed by atoms with Gasteiger partial charge in [-0.25, -0.2) is 9.59 Å². The fourth-order valence-corrected chi connectivity index (χ4v) is 3.37. The fourth-order valence-electron chi connectivity index (χ4n) is 3.37. The number of ether oxygens (including phenoxy) is 3. The van der Waals surface area contributed by atoms with Crippen LogP contribution in [0.1, 0.15) is 75.2 Å². The van der Waals surface area contributed by atoms with Crippen molar-refractivity contribution in [3.8, 4) is 0 Å². The predicted molar refractivity (Wildman–Crippen MR) is 152 cm³/mol. The van der Waals surface area contributed by atoms with Gasteiger partial charge < -0.3 is 24.8 Å². The lowest BCUT2D eigenvalue weighted by Gasteiger charge is -2.26. The van der Waals surface area contributed by atoms with Crippen molar-refractivity contribution >= 4 is 35.7 Å². The molecule has 0 saturated heterocycles. The molecule has 0 fully saturated rings. The van der Waals surface area contributed by atoms with Crippen LogP contribution in [0.3, 0.4) is 0 Å². The van der Waals surface area contributed by atoms with Crippen molar-refractivity contribution in [2.24, 2.45) is 10.9 Å². The van der Waals surface area contributed by atoms with E-state index in [-0.39, 0.29) is 13.0 Å². The summed E-state index contributed by atoms with van der Waals surface area (Å²) in [5, 5.41) is 9.00. The smallest absolute Gasteiger partial charge is 0.423 e. The Kier molecular flexibility index (Phi) is 16.0. The average molecular weight is 680 g/mol. The molecule has 0 aliphatic heterocycles. The number of hydrogen-bond acceptors (Lipinski definition) is 9. The highest BCUT2D eigenvalue weighted by Gasteiger charge is 2.58. The molecular weight excluding hydrogens is 636 g/mol. The minimum atomic E-state index is -5.88. The van der Waals surface area contributed by atoms with Crippen molar-refractivity contribution in [1.82, 2.24) is 21.3 Å². The Morgan fingerprint density at radius 2 is 1.22 bits per heavy atom. The van der Waals surface area contributed by atoms with E-state index in [2.05, 4.69) is 31.0 Å². The molecule has 2 atom stereocenters. The Morgan fingerprint density at radius 3 is 1.59 bits per heavy atom. The SMILES string of the molecule is CC(=O)N[C@H](C(=O)N[C@@H](CCCN=C(NC(=O)OC(C)(C)C)NC(=O)OC(C)(C)C)C(=O)COC(C(F)(F)F)C(F)(F)F)C(C)C. The summed E-state index contributed by atoms with van der Waals surface area (Å²) in [5.41, 5.74) is -1.87. The van der Waals surface area contributed by atoms with Gasteiger partial charge in [0.25, 0.3) is 0 Å². The summed E-state index contributed by atoms with van der Waals surface area (Å²) >= 11 is 0. The lowest BCUT2D eigenvalue weighted by atomic mass is 10.0. The molecule has 0 heterocycles. The normalized spacial score (nSPS) is 13.8. The van der Waals surface area contributed by atoms with Gasteiger partial charge in [-0.3, -0.25) is 30.0 Å². The van der Waals surface area contributed by atoms with Crippen molar-refractivity contribution in [2.75, 3.05) is 13.2 Å². The predicted octanol–water partition coefficient (Wildman–Crippen LogP) is 3.90. The number of alkyl carbamates (subject to hydrolysis) is 2. The number of rotatable bonds is 12. The highest BCUT2D eigenvalue weighted by Crippen LogP contribution is 2.35. The maximum Gasteiger partial charge on any atom is 0.423 e. The van der Waals surface area contributed by atoms with Gasteiger partial charge in [0, 0.05) is 13.5 Å². The molecule has 0 aromatic heterocycles. The van der Waals surface area contributed by atoms with Gasteiger partial charge in [-0.05, 0) is 60.3 Å². The van der Waals surface area contributed by atoms with Crippen LogP contribution in [0.15, 0.2) is 4.99 Å². The first-order valence-corrected chi connectivity index (χ1v) is 14.0. The van der Waals surface area contributed by atoms with Crippen molar-refractivity contribution in [1.29, 1.82) is 0 Å². The molecule has 4 N–H and O–H groups in total. The quantitative estimate of drug-likeness (QED) is 0.104. The number of alkyl halides is 6. The third-order valence-corrected chi connectivity index (χ3v) is 5.16. The van der Waals surface area contributed by atoms with E-state index in [4.69, 9.17) is 9.47 Å². The number of nitrogens with zero attached hydrogens (tertiary/aromatic N) is 1. The molecule has 46 heavy (non-hydrogen) atoms. The van der Waals surface area contributed by atoms with E-state index in [1.807, 2.05) is 0 Å². The standard InChI is InChI=1S/C27H43F6N5O8/c1-14(2)18(35-15(3)39)19(41)36-16(17(40)13-44-20(26(28,29)30)27(31,32)33)11-10-12-34-21(37-22(42)45-24(4,5)6)38-23(43)46-25(7,8)9/h14,16,18,20H,10-13H2,1-9H3,(H,35,39)(H,36,41)(H2,34,37,38,42,43)/t16-,18-/m0/s1. The monoisotopic (exact) mass is 679 g/mol. The molecule has 266 valence electrons. The highest BCUT2D eigenvalue weighted by molar-refractivity contribution is 6.01. The molecule has 0 aromatic rings. The maximum absolute atomic E-state index is 12.9. The van der Waals surface area contributed by atoms with Crippen LogP contribution in [0.2, 0.25) is 0 Å². The number of nitrogens with one attached hydrogen (secondary N) is 4. The summed E-state index contributed by atoms with van der Waals surface area (Å²) in [6, 6.07) is -2.88. The Balaban J connectivity index is 6.02. The van der Waals surface area contributed by atoms with Crippen molar-refractivity contribution in [2.45, 2.75) is 117 Å². The molecular formula is C27H43F6N5O8. The summed E-state index contributed by atoms with van der Waals surface area (Å²) in [6.45, 7) is 11.7. The van der Waals surface area contributed by atoms with Crippen LogP contribution in [0, 0.1) is 5.92 Å². The molecule has 0 saturated carbocycles. The number of carbonyl (C=O) groups excluding carboxylic acids is 5. The lowest BCUT2D eigenvalue weighted by molar-refractivity contribution is -0.319. The number of ketones is 1. The third-order valence-electron chi connectivity index (χ3n) is 5.16. The van der Waals surface area contributed by atoms with Crippen LogP contribution < -0.4 is 21.3 Å². The summed E-state index contributed by atoms with van der Waals surface area (Å²) in [5.74, 6) is -3.85. The van der Waals surface area contributed by atoms with E-state index in [0.717, 1.165) is 6.92 Å². The van der Waals surface area contributed by atoms with Crippen molar-refractivity contribution in [3.05, 3.63) is 0 Å². The van der Waals surface area contributed by atoms with E-state index in [1.54, 1.807) is 55.4 Å². The van der Waals surface area contributed by atoms with Crippen LogP contribution >= 0.6 is 0 Å². The third kappa shape index (κ3) is 18.4. The second-order valence-corrected chi connectivity index (χ2v) is 12.4. The lowest BCUT2D eigenvalue weighted by Crippen LogP contribution is -2.54. The van der Waals surface area contributed by atoms with E-state index in [9.17, 15) is 50.3 Å². The summed E-state index contributed by atoms with van der Waals surface area (Å²) in [4.78, 5) is 65.7. The summed E-state index contributed by atoms with van der Waals surface area (Å²) < 4.78 is 91.7. The molecule has 0 bridgehead atoms. The molecule has 0 aromatic carbocycles. The fraction of sp³-hybridized carbons (Fsp3) is 0.778. The Hall–Kier alpha value is -3.64. The maximum atomic E-state index is 12.9. The molecule has 19 heteroatoms. The number of hydrogen-bond donors (Lipinski definition) is 4. The molecule has 0 spiro atoms. The highest BCUT2D eigenvalue weighted by atomic mass is 19.4. The number of guanidine groups is 1. The second-order valence-electron chi connectivity index (χ2n) is 12.4. The molecule has 0 aliphatic carbocycles. The van der Waals surface area contributed by atoms with Gasteiger partial charge in [-0.15, -0.1) is 0 Å². The van der Waals surface area contributed by atoms with Gasteiger partial charge in [0.1, 0.15) is 23.9 Å². The van der Waals surface area contributed by atoms with Gasteiger partial charge in [0.05, 0.1) is 6.04 Å². The van der Waals surface area contributed by atoms with E-state index in [1.165, 1.54) is 0 Å². The van der Waals surface area contributed by atoms with E-state index < -0.39 is 96.4 Å². The topological polar surface area (TPSA) is 174 Å². The van der Waals surface area contributed by atoms with Gasteiger partial charge in [0.2, 0.25) is 23.9 Å². The number of amides is 4. The van der Waals surface area contributed by atoms with Gasteiger partial charge >= 0.3 is 24.5 Å². The van der Waals surface area contributed by atoms with Crippen LogP contribution in [0.25, 0.3) is 0 Å². The number of halogens is 6. The zero-order chi connectivity index (χ0) is 36.3. The molecule has 0 radical (unpaired) electrons. The Labute approximate surface area is 262 Å².